The summed E-state index contributed by atoms with van der Waals surface area (Å²) in [7, 11) is 0. The van der Waals surface area contributed by atoms with E-state index in [9.17, 15) is 0 Å². The summed E-state index contributed by atoms with van der Waals surface area (Å²) in [5, 5.41) is 4.07. The van der Waals surface area contributed by atoms with E-state index in [1.54, 1.807) is 0 Å². The number of rotatable bonds is 6. The lowest BCUT2D eigenvalue weighted by atomic mass is 10.1. The van der Waals surface area contributed by atoms with Gasteiger partial charge in [0.1, 0.15) is 11.5 Å². The Hall–Kier alpha value is -1.26. The van der Waals surface area contributed by atoms with E-state index in [1.807, 2.05) is 48.2 Å². The number of nitrogens with zero attached hydrogens (tertiary/aromatic N) is 1. The largest absolute Gasteiger partial charge is 0.360 e. The van der Waals surface area contributed by atoms with Gasteiger partial charge in [-0.3, -0.25) is 0 Å². The van der Waals surface area contributed by atoms with Gasteiger partial charge in [0.15, 0.2) is 0 Å². The Morgan fingerprint density at radius 3 is 2.82 bits per heavy atom. The highest BCUT2D eigenvalue weighted by Gasteiger charge is 2.05. The molecule has 1 heterocycles. The lowest BCUT2D eigenvalue weighted by molar-refractivity contribution is 0.397. The minimum absolute atomic E-state index is 0.749. The van der Waals surface area contributed by atoms with E-state index in [2.05, 4.69) is 5.16 Å². The zero-order valence-electron chi connectivity index (χ0n) is 9.63. The average molecular weight is 248 g/mol. The zero-order chi connectivity index (χ0) is 11.9. The van der Waals surface area contributed by atoms with Gasteiger partial charge >= 0.3 is 0 Å². The van der Waals surface area contributed by atoms with Crippen molar-refractivity contribution in [3.05, 3.63) is 42.2 Å². The number of thioether (sulfide) groups is 1. The Morgan fingerprint density at radius 2 is 2.06 bits per heavy atom. The van der Waals surface area contributed by atoms with Gasteiger partial charge in [0, 0.05) is 11.6 Å². The maximum Gasteiger partial charge on any atom is 0.147 e. The number of hydrogen-bond acceptors (Lipinski definition) is 4. The van der Waals surface area contributed by atoms with E-state index in [-0.39, 0.29) is 0 Å². The van der Waals surface area contributed by atoms with Gasteiger partial charge in [-0.05, 0) is 18.7 Å². The molecule has 0 saturated heterocycles. The molecule has 0 bridgehead atoms. The number of hydrogen-bond donors (Lipinski definition) is 1. The molecule has 2 N–H and O–H groups in total. The van der Waals surface area contributed by atoms with E-state index in [0.29, 0.717) is 0 Å². The summed E-state index contributed by atoms with van der Waals surface area (Å²) in [5.41, 5.74) is 7.43. The molecule has 17 heavy (non-hydrogen) atoms. The van der Waals surface area contributed by atoms with E-state index < -0.39 is 0 Å². The predicted octanol–water partition coefficient (Wildman–Crippen LogP) is 2.92. The third-order valence-electron chi connectivity index (χ3n) is 2.37. The quantitative estimate of drug-likeness (QED) is 0.799. The molecule has 0 atom stereocenters. The van der Waals surface area contributed by atoms with E-state index in [0.717, 1.165) is 41.5 Å². The normalized spacial score (nSPS) is 10.6. The molecule has 1 aromatic carbocycles. The van der Waals surface area contributed by atoms with Crippen LogP contribution in [0.4, 0.5) is 0 Å². The molecule has 3 nitrogen and oxygen atoms in total. The molecular weight excluding hydrogens is 232 g/mol. The van der Waals surface area contributed by atoms with Gasteiger partial charge in [-0.2, -0.15) is 11.8 Å². The molecule has 0 fully saturated rings. The van der Waals surface area contributed by atoms with E-state index in [4.69, 9.17) is 10.3 Å². The van der Waals surface area contributed by atoms with E-state index in [1.165, 1.54) is 0 Å². The molecule has 0 aliphatic carbocycles. The molecule has 0 radical (unpaired) electrons. The molecule has 4 heteroatoms. The summed E-state index contributed by atoms with van der Waals surface area (Å²) in [6.07, 6.45) is 1.05. The molecule has 0 aliphatic rings. The van der Waals surface area contributed by atoms with Crippen LogP contribution in [0.15, 0.2) is 40.9 Å². The van der Waals surface area contributed by atoms with Gasteiger partial charge in [-0.15, -0.1) is 0 Å². The first-order chi connectivity index (χ1) is 8.40. The van der Waals surface area contributed by atoms with Crippen LogP contribution in [-0.4, -0.2) is 17.5 Å². The predicted molar refractivity (Wildman–Crippen MR) is 71.8 cm³/mol. The fraction of sp³-hybridized carbons (Fsp3) is 0.308. The lowest BCUT2D eigenvalue weighted by Crippen LogP contribution is -1.99. The van der Waals surface area contributed by atoms with Crippen LogP contribution in [-0.2, 0) is 5.75 Å². The number of aromatic nitrogens is 1. The highest BCUT2D eigenvalue weighted by molar-refractivity contribution is 7.98. The van der Waals surface area contributed by atoms with Crippen LogP contribution in [0.1, 0.15) is 12.2 Å². The molecule has 0 spiro atoms. The highest BCUT2D eigenvalue weighted by Crippen LogP contribution is 2.21. The Balaban J connectivity index is 1.92. The summed E-state index contributed by atoms with van der Waals surface area (Å²) >= 11 is 1.83. The van der Waals surface area contributed by atoms with Crippen molar-refractivity contribution in [3.63, 3.8) is 0 Å². The molecule has 0 saturated carbocycles. The second-order valence-electron chi connectivity index (χ2n) is 3.74. The topological polar surface area (TPSA) is 52.0 Å². The SMILES string of the molecule is NCCCSCc1cc(-c2ccccc2)no1. The van der Waals surface area contributed by atoms with Gasteiger partial charge in [0.25, 0.3) is 0 Å². The monoisotopic (exact) mass is 248 g/mol. The van der Waals surface area contributed by atoms with Crippen LogP contribution in [0.3, 0.4) is 0 Å². The third-order valence-corrected chi connectivity index (χ3v) is 3.43. The Labute approximate surface area is 105 Å². The Morgan fingerprint density at radius 1 is 1.24 bits per heavy atom. The highest BCUT2D eigenvalue weighted by atomic mass is 32.2. The molecule has 0 aliphatic heterocycles. The fourth-order valence-corrected chi connectivity index (χ4v) is 2.34. The molecule has 0 amide bonds. The molecule has 1 aromatic heterocycles. The van der Waals surface area contributed by atoms with Crippen molar-refractivity contribution in [2.24, 2.45) is 5.73 Å². The van der Waals surface area contributed by atoms with Crippen molar-refractivity contribution in [3.8, 4) is 11.3 Å². The number of nitrogens with two attached hydrogens (primary N) is 1. The first kappa shape index (κ1) is 12.2. The standard InChI is InChI=1S/C13H16N2OS/c14-7-4-8-17-10-12-9-13(15-16-12)11-5-2-1-3-6-11/h1-3,5-6,9H,4,7-8,10,14H2. The fourth-order valence-electron chi connectivity index (χ4n) is 1.48. The zero-order valence-corrected chi connectivity index (χ0v) is 10.5. The Kier molecular flexibility index (Phi) is 4.64. The molecular formula is C13H16N2OS. The summed E-state index contributed by atoms with van der Waals surface area (Å²) in [5.74, 6) is 2.85. The summed E-state index contributed by atoms with van der Waals surface area (Å²) in [6.45, 7) is 0.749. The second kappa shape index (κ2) is 6.47. The van der Waals surface area contributed by atoms with Gasteiger partial charge in [0.2, 0.25) is 0 Å². The smallest absolute Gasteiger partial charge is 0.147 e. The van der Waals surface area contributed by atoms with Crippen molar-refractivity contribution >= 4 is 11.8 Å². The van der Waals surface area contributed by atoms with Gasteiger partial charge in [0.05, 0.1) is 5.75 Å². The van der Waals surface area contributed by atoms with Crippen LogP contribution in [0, 0.1) is 0 Å². The van der Waals surface area contributed by atoms with Crippen molar-refractivity contribution in [2.75, 3.05) is 12.3 Å². The molecule has 0 unspecified atom stereocenters. The number of benzene rings is 1. The van der Waals surface area contributed by atoms with Crippen molar-refractivity contribution in [1.82, 2.24) is 5.16 Å². The van der Waals surface area contributed by atoms with Crippen LogP contribution < -0.4 is 5.73 Å². The lowest BCUT2D eigenvalue weighted by Gasteiger charge is -1.95. The van der Waals surface area contributed by atoms with Crippen LogP contribution in [0.2, 0.25) is 0 Å². The maximum absolute atomic E-state index is 5.44. The van der Waals surface area contributed by atoms with Gasteiger partial charge < -0.3 is 10.3 Å². The Bertz CT molecular complexity index is 442. The average Bonchev–Trinajstić information content (AvgIpc) is 2.85. The van der Waals surface area contributed by atoms with Gasteiger partial charge in [-0.25, -0.2) is 0 Å². The first-order valence-electron chi connectivity index (χ1n) is 5.69. The molecule has 90 valence electrons. The first-order valence-corrected chi connectivity index (χ1v) is 6.84. The minimum Gasteiger partial charge on any atom is -0.360 e. The summed E-state index contributed by atoms with van der Waals surface area (Å²) < 4.78 is 5.30. The second-order valence-corrected chi connectivity index (χ2v) is 4.84. The van der Waals surface area contributed by atoms with Gasteiger partial charge in [-0.1, -0.05) is 35.5 Å². The summed E-state index contributed by atoms with van der Waals surface area (Å²) in [6, 6.07) is 12.1. The third kappa shape index (κ3) is 3.61. The maximum atomic E-state index is 5.44. The van der Waals surface area contributed by atoms with Crippen molar-refractivity contribution in [1.29, 1.82) is 0 Å². The van der Waals surface area contributed by atoms with Crippen molar-refractivity contribution < 1.29 is 4.52 Å². The molecule has 2 rings (SSSR count). The molecule has 2 aromatic rings. The van der Waals surface area contributed by atoms with Crippen LogP contribution in [0.5, 0.6) is 0 Å². The summed E-state index contributed by atoms with van der Waals surface area (Å²) in [4.78, 5) is 0. The minimum atomic E-state index is 0.749. The van der Waals surface area contributed by atoms with E-state index >= 15 is 0 Å². The van der Waals surface area contributed by atoms with Crippen molar-refractivity contribution in [2.45, 2.75) is 12.2 Å². The van der Waals surface area contributed by atoms with Crippen LogP contribution >= 0.6 is 11.8 Å². The van der Waals surface area contributed by atoms with Crippen LogP contribution in [0.25, 0.3) is 11.3 Å².